The lowest BCUT2D eigenvalue weighted by molar-refractivity contribution is -0.148. The predicted molar refractivity (Wildman–Crippen MR) is 70.1 cm³/mol. The second-order valence-corrected chi connectivity index (χ2v) is 4.65. The van der Waals surface area contributed by atoms with E-state index in [0.29, 0.717) is 5.69 Å². The van der Waals surface area contributed by atoms with Crippen molar-refractivity contribution in [3.05, 3.63) is 46.3 Å². The molecule has 0 N–H and O–H groups in total. The third-order valence-electron chi connectivity index (χ3n) is 1.87. The monoisotopic (exact) mass is 245 g/mol. The van der Waals surface area contributed by atoms with Gasteiger partial charge in [-0.05, 0) is 37.9 Å². The maximum atomic E-state index is 11.4. The van der Waals surface area contributed by atoms with Crippen molar-refractivity contribution >= 4 is 17.7 Å². The zero-order valence-electron chi connectivity index (χ0n) is 10.6. The molecule has 0 saturated carbocycles. The van der Waals surface area contributed by atoms with Crippen molar-refractivity contribution in [1.29, 1.82) is 0 Å². The normalized spacial score (nSPS) is 11.1. The summed E-state index contributed by atoms with van der Waals surface area (Å²) in [7, 11) is 0. The second-order valence-electron chi connectivity index (χ2n) is 4.65. The molecule has 5 nitrogen and oxygen atoms in total. The fourth-order valence-electron chi connectivity index (χ4n) is 1.20. The summed E-state index contributed by atoms with van der Waals surface area (Å²) in [6, 6.07) is 6.86. The molecule has 0 spiro atoms. The first-order valence-corrected chi connectivity index (χ1v) is 5.47. The van der Waals surface area contributed by atoms with Crippen LogP contribution < -0.4 is 0 Å². The first kappa shape index (κ1) is 13.8. The van der Waals surface area contributed by atoms with Gasteiger partial charge in [0.1, 0.15) is 5.60 Å². The van der Waals surface area contributed by atoms with E-state index in [1.54, 1.807) is 30.3 Å². The Bertz CT molecular complexity index is 492. The topological polar surface area (TPSA) is 75.1 Å². The summed E-state index contributed by atoms with van der Waals surface area (Å²) in [5.41, 5.74) is 9.13. The smallest absolute Gasteiger partial charge is 0.331 e. The number of esters is 1. The van der Waals surface area contributed by atoms with Gasteiger partial charge >= 0.3 is 5.97 Å². The Balaban J connectivity index is 2.67. The van der Waals surface area contributed by atoms with Crippen molar-refractivity contribution in [3.8, 4) is 0 Å². The number of rotatable bonds is 3. The molecule has 0 heterocycles. The zero-order valence-corrected chi connectivity index (χ0v) is 10.6. The lowest BCUT2D eigenvalue weighted by atomic mass is 10.2. The van der Waals surface area contributed by atoms with Gasteiger partial charge in [-0.3, -0.25) is 0 Å². The number of benzene rings is 1. The van der Waals surface area contributed by atoms with Crippen LogP contribution >= 0.6 is 0 Å². The molecule has 94 valence electrons. The van der Waals surface area contributed by atoms with Gasteiger partial charge in [-0.2, -0.15) is 0 Å². The minimum absolute atomic E-state index is 0.387. The van der Waals surface area contributed by atoms with E-state index < -0.39 is 5.60 Å². The summed E-state index contributed by atoms with van der Waals surface area (Å²) in [4.78, 5) is 14.1. The summed E-state index contributed by atoms with van der Waals surface area (Å²) in [5, 5.41) is 3.46. The molecule has 0 aliphatic heterocycles. The van der Waals surface area contributed by atoms with Crippen LogP contribution in [0.2, 0.25) is 0 Å². The van der Waals surface area contributed by atoms with E-state index in [-0.39, 0.29) is 5.97 Å². The summed E-state index contributed by atoms with van der Waals surface area (Å²) in [5.74, 6) is -0.387. The SMILES string of the molecule is CC(C)(C)OC(=O)/C=C/c1ccc(N=[N+]=[N-])cc1. The third-order valence-corrected chi connectivity index (χ3v) is 1.87. The van der Waals surface area contributed by atoms with Crippen LogP contribution in [0.25, 0.3) is 16.5 Å². The highest BCUT2D eigenvalue weighted by molar-refractivity contribution is 5.87. The van der Waals surface area contributed by atoms with Gasteiger partial charge < -0.3 is 4.74 Å². The molecule has 5 heteroatoms. The molecule has 0 unspecified atom stereocenters. The molecular formula is C13H15N3O2. The zero-order chi connectivity index (χ0) is 13.6. The molecule has 0 aromatic heterocycles. The van der Waals surface area contributed by atoms with Gasteiger partial charge in [0.15, 0.2) is 0 Å². The highest BCUT2D eigenvalue weighted by Crippen LogP contribution is 2.14. The van der Waals surface area contributed by atoms with Gasteiger partial charge in [0.25, 0.3) is 0 Å². The highest BCUT2D eigenvalue weighted by atomic mass is 16.6. The Kier molecular flexibility index (Phi) is 4.52. The van der Waals surface area contributed by atoms with Crippen molar-refractivity contribution in [2.24, 2.45) is 5.11 Å². The Morgan fingerprint density at radius 3 is 2.44 bits per heavy atom. The van der Waals surface area contributed by atoms with Crippen molar-refractivity contribution < 1.29 is 9.53 Å². The minimum Gasteiger partial charge on any atom is -0.457 e. The molecule has 0 fully saturated rings. The summed E-state index contributed by atoms with van der Waals surface area (Å²) < 4.78 is 5.13. The van der Waals surface area contributed by atoms with Gasteiger partial charge in [0.05, 0.1) is 0 Å². The number of hydrogen-bond donors (Lipinski definition) is 0. The largest absolute Gasteiger partial charge is 0.457 e. The van der Waals surface area contributed by atoms with E-state index >= 15 is 0 Å². The fourth-order valence-corrected chi connectivity index (χ4v) is 1.20. The third kappa shape index (κ3) is 5.18. The van der Waals surface area contributed by atoms with E-state index in [0.717, 1.165) is 5.56 Å². The molecule has 1 aromatic carbocycles. The standard InChI is InChI=1S/C13H15N3O2/c1-13(2,3)18-12(17)9-6-10-4-7-11(8-5-10)15-16-14/h4-9H,1-3H3/b9-6+. The number of nitrogens with zero attached hydrogens (tertiary/aromatic N) is 3. The van der Waals surface area contributed by atoms with Gasteiger partial charge in [0.2, 0.25) is 0 Å². The van der Waals surface area contributed by atoms with Crippen LogP contribution in [-0.2, 0) is 9.53 Å². The molecule has 0 saturated heterocycles. The molecule has 0 amide bonds. The average molecular weight is 245 g/mol. The molecule has 0 aliphatic carbocycles. The Morgan fingerprint density at radius 2 is 1.94 bits per heavy atom. The van der Waals surface area contributed by atoms with Gasteiger partial charge in [-0.1, -0.05) is 29.4 Å². The highest BCUT2D eigenvalue weighted by Gasteiger charge is 2.13. The molecule has 18 heavy (non-hydrogen) atoms. The quantitative estimate of drug-likeness (QED) is 0.265. The van der Waals surface area contributed by atoms with Crippen LogP contribution in [0, 0.1) is 0 Å². The Hall–Kier alpha value is -2.26. The Labute approximate surface area is 106 Å². The van der Waals surface area contributed by atoms with Gasteiger partial charge in [-0.25, -0.2) is 4.79 Å². The molecule has 0 radical (unpaired) electrons. The van der Waals surface area contributed by atoms with Crippen LogP contribution in [0.1, 0.15) is 26.3 Å². The van der Waals surface area contributed by atoms with Crippen LogP contribution in [-0.4, -0.2) is 11.6 Å². The lowest BCUT2D eigenvalue weighted by Gasteiger charge is -2.17. The summed E-state index contributed by atoms with van der Waals surface area (Å²) in [6.07, 6.45) is 3.02. The van der Waals surface area contributed by atoms with Crippen LogP contribution in [0.3, 0.4) is 0 Å². The number of ether oxygens (including phenoxy) is 1. The first-order chi connectivity index (χ1) is 8.40. The number of hydrogen-bond acceptors (Lipinski definition) is 3. The van der Waals surface area contributed by atoms with Crippen molar-refractivity contribution in [3.63, 3.8) is 0 Å². The van der Waals surface area contributed by atoms with Crippen molar-refractivity contribution in [1.82, 2.24) is 0 Å². The second kappa shape index (κ2) is 5.89. The van der Waals surface area contributed by atoms with Gasteiger partial charge in [0, 0.05) is 16.7 Å². The maximum absolute atomic E-state index is 11.4. The first-order valence-electron chi connectivity index (χ1n) is 5.47. The maximum Gasteiger partial charge on any atom is 0.331 e. The lowest BCUT2D eigenvalue weighted by Crippen LogP contribution is -2.22. The molecular weight excluding hydrogens is 230 g/mol. The van der Waals surface area contributed by atoms with Crippen LogP contribution in [0.4, 0.5) is 5.69 Å². The Morgan fingerprint density at radius 1 is 1.33 bits per heavy atom. The summed E-state index contributed by atoms with van der Waals surface area (Å²) in [6.45, 7) is 5.44. The molecule has 0 aliphatic rings. The number of carbonyl (C=O) groups excluding carboxylic acids is 1. The molecule has 1 aromatic rings. The van der Waals surface area contributed by atoms with Crippen LogP contribution in [0.15, 0.2) is 35.5 Å². The average Bonchev–Trinajstić information content (AvgIpc) is 2.26. The summed E-state index contributed by atoms with van der Waals surface area (Å²) >= 11 is 0. The minimum atomic E-state index is -0.493. The van der Waals surface area contributed by atoms with Crippen LogP contribution in [0.5, 0.6) is 0 Å². The fraction of sp³-hybridized carbons (Fsp3) is 0.308. The van der Waals surface area contributed by atoms with Crippen molar-refractivity contribution in [2.75, 3.05) is 0 Å². The number of azide groups is 1. The van der Waals surface area contributed by atoms with E-state index in [1.165, 1.54) is 6.08 Å². The molecule has 1 rings (SSSR count). The van der Waals surface area contributed by atoms with E-state index in [1.807, 2.05) is 20.8 Å². The number of carbonyl (C=O) groups is 1. The van der Waals surface area contributed by atoms with E-state index in [2.05, 4.69) is 10.0 Å². The van der Waals surface area contributed by atoms with E-state index in [4.69, 9.17) is 10.3 Å². The van der Waals surface area contributed by atoms with Crippen molar-refractivity contribution in [2.45, 2.75) is 26.4 Å². The van der Waals surface area contributed by atoms with Gasteiger partial charge in [-0.15, -0.1) is 0 Å². The predicted octanol–water partition coefficient (Wildman–Crippen LogP) is 3.98. The molecule has 0 bridgehead atoms. The van der Waals surface area contributed by atoms with E-state index in [9.17, 15) is 4.79 Å². The molecule has 0 atom stereocenters.